The lowest BCUT2D eigenvalue weighted by Gasteiger charge is -2.27. The van der Waals surface area contributed by atoms with Crippen molar-refractivity contribution < 1.29 is 17.9 Å². The molecule has 0 aliphatic heterocycles. The van der Waals surface area contributed by atoms with Crippen molar-refractivity contribution in [3.63, 3.8) is 0 Å². The standard InChI is InChI=1S/C16H22F3NO/c1-11-2-8-14(9-3-11)21-10-15(20)12-4-6-13(7-5-12)16(17,18)19/h4-7,11,14-15H,2-3,8-10,20H2,1H3. The van der Waals surface area contributed by atoms with E-state index in [1.54, 1.807) is 0 Å². The van der Waals surface area contributed by atoms with Gasteiger partial charge in [0.05, 0.1) is 24.3 Å². The predicted molar refractivity (Wildman–Crippen MR) is 75.7 cm³/mol. The number of benzene rings is 1. The van der Waals surface area contributed by atoms with Crippen LogP contribution >= 0.6 is 0 Å². The van der Waals surface area contributed by atoms with Crippen molar-refractivity contribution in [1.29, 1.82) is 0 Å². The number of ether oxygens (including phenoxy) is 1. The Morgan fingerprint density at radius 3 is 2.24 bits per heavy atom. The zero-order chi connectivity index (χ0) is 15.5. The monoisotopic (exact) mass is 301 g/mol. The summed E-state index contributed by atoms with van der Waals surface area (Å²) in [5.41, 5.74) is 6.01. The third kappa shape index (κ3) is 4.71. The number of alkyl halides is 3. The number of hydrogen-bond donors (Lipinski definition) is 1. The van der Waals surface area contributed by atoms with E-state index < -0.39 is 11.7 Å². The normalized spacial score (nSPS) is 24.8. The number of nitrogens with two attached hydrogens (primary N) is 1. The molecule has 2 rings (SSSR count). The molecule has 5 heteroatoms. The number of hydrogen-bond acceptors (Lipinski definition) is 2. The molecule has 0 amide bonds. The van der Waals surface area contributed by atoms with Gasteiger partial charge in [-0.1, -0.05) is 19.1 Å². The molecule has 0 bridgehead atoms. The Hall–Kier alpha value is -1.07. The van der Waals surface area contributed by atoms with Crippen LogP contribution in [0.15, 0.2) is 24.3 Å². The van der Waals surface area contributed by atoms with Gasteiger partial charge in [0.1, 0.15) is 0 Å². The van der Waals surface area contributed by atoms with Gasteiger partial charge in [-0.2, -0.15) is 13.2 Å². The van der Waals surface area contributed by atoms with E-state index in [9.17, 15) is 13.2 Å². The van der Waals surface area contributed by atoms with Crippen molar-refractivity contribution >= 4 is 0 Å². The fourth-order valence-corrected chi connectivity index (χ4v) is 2.65. The summed E-state index contributed by atoms with van der Waals surface area (Å²) in [4.78, 5) is 0. The van der Waals surface area contributed by atoms with Crippen LogP contribution in [0.2, 0.25) is 0 Å². The first-order chi connectivity index (χ1) is 9.86. The van der Waals surface area contributed by atoms with Gasteiger partial charge < -0.3 is 10.5 Å². The van der Waals surface area contributed by atoms with Crippen LogP contribution in [0.4, 0.5) is 13.2 Å². The van der Waals surface area contributed by atoms with E-state index in [4.69, 9.17) is 10.5 Å². The first kappa shape index (κ1) is 16.3. The van der Waals surface area contributed by atoms with Gasteiger partial charge in [-0.3, -0.25) is 0 Å². The molecule has 1 unspecified atom stereocenters. The smallest absolute Gasteiger partial charge is 0.376 e. The van der Waals surface area contributed by atoms with Gasteiger partial charge in [-0.15, -0.1) is 0 Å². The summed E-state index contributed by atoms with van der Waals surface area (Å²) in [5, 5.41) is 0. The van der Waals surface area contributed by atoms with Crippen molar-refractivity contribution in [3.8, 4) is 0 Å². The second-order valence-corrected chi connectivity index (χ2v) is 5.94. The minimum atomic E-state index is -4.31. The predicted octanol–water partition coefficient (Wildman–Crippen LogP) is 4.30. The molecule has 21 heavy (non-hydrogen) atoms. The Kier molecular flexibility index (Phi) is 5.27. The molecule has 2 nitrogen and oxygen atoms in total. The molecule has 1 aliphatic rings. The van der Waals surface area contributed by atoms with Crippen LogP contribution in [0, 0.1) is 5.92 Å². The van der Waals surface area contributed by atoms with E-state index in [0.29, 0.717) is 12.2 Å². The van der Waals surface area contributed by atoms with Crippen LogP contribution in [-0.2, 0) is 10.9 Å². The van der Waals surface area contributed by atoms with Gasteiger partial charge in [-0.25, -0.2) is 0 Å². The molecular weight excluding hydrogens is 279 g/mol. The lowest BCUT2D eigenvalue weighted by Crippen LogP contribution is -2.25. The van der Waals surface area contributed by atoms with Crippen LogP contribution in [0.25, 0.3) is 0 Å². The van der Waals surface area contributed by atoms with Crippen LogP contribution in [0.1, 0.15) is 49.8 Å². The zero-order valence-corrected chi connectivity index (χ0v) is 12.2. The Bertz CT molecular complexity index is 436. The van der Waals surface area contributed by atoms with Gasteiger partial charge in [0.2, 0.25) is 0 Å². The summed E-state index contributed by atoms with van der Waals surface area (Å²) in [6.45, 7) is 2.59. The van der Waals surface area contributed by atoms with Crippen molar-refractivity contribution in [2.75, 3.05) is 6.61 Å². The SMILES string of the molecule is CC1CCC(OCC(N)c2ccc(C(F)(F)F)cc2)CC1. The summed E-state index contributed by atoms with van der Waals surface area (Å²) in [7, 11) is 0. The van der Waals surface area contributed by atoms with Gasteiger partial charge in [-0.05, 0) is 49.3 Å². The third-order valence-electron chi connectivity index (χ3n) is 4.14. The quantitative estimate of drug-likeness (QED) is 0.900. The molecule has 118 valence electrons. The van der Waals surface area contributed by atoms with Crippen LogP contribution in [0.5, 0.6) is 0 Å². The van der Waals surface area contributed by atoms with Gasteiger partial charge in [0, 0.05) is 0 Å². The summed E-state index contributed by atoms with van der Waals surface area (Å²) >= 11 is 0. The molecule has 0 heterocycles. The molecule has 0 radical (unpaired) electrons. The highest BCUT2D eigenvalue weighted by Crippen LogP contribution is 2.30. The summed E-state index contributed by atoms with van der Waals surface area (Å²) < 4.78 is 43.3. The molecule has 0 spiro atoms. The van der Waals surface area contributed by atoms with Gasteiger partial charge in [0.15, 0.2) is 0 Å². The molecule has 1 aromatic rings. The molecule has 1 aromatic carbocycles. The summed E-state index contributed by atoms with van der Waals surface area (Å²) in [6, 6.07) is 4.61. The van der Waals surface area contributed by atoms with Crippen molar-refractivity contribution in [1.82, 2.24) is 0 Å². The summed E-state index contributed by atoms with van der Waals surface area (Å²) in [6.07, 6.45) is 0.349. The zero-order valence-electron chi connectivity index (χ0n) is 12.2. The average Bonchev–Trinajstić information content (AvgIpc) is 2.45. The highest BCUT2D eigenvalue weighted by atomic mass is 19.4. The van der Waals surface area contributed by atoms with Gasteiger partial charge >= 0.3 is 6.18 Å². The lowest BCUT2D eigenvalue weighted by atomic mass is 9.89. The minimum absolute atomic E-state index is 0.238. The minimum Gasteiger partial charge on any atom is -0.376 e. The topological polar surface area (TPSA) is 35.2 Å². The highest BCUT2D eigenvalue weighted by molar-refractivity contribution is 5.26. The Balaban J connectivity index is 1.84. The van der Waals surface area contributed by atoms with Crippen LogP contribution in [0.3, 0.4) is 0 Å². The Labute approximate surface area is 123 Å². The molecule has 1 atom stereocenters. The van der Waals surface area contributed by atoms with E-state index in [2.05, 4.69) is 6.92 Å². The van der Waals surface area contributed by atoms with Crippen molar-refractivity contribution in [3.05, 3.63) is 35.4 Å². The maximum Gasteiger partial charge on any atom is 0.416 e. The van der Waals surface area contributed by atoms with Crippen molar-refractivity contribution in [2.45, 2.75) is 50.9 Å². The summed E-state index contributed by atoms with van der Waals surface area (Å²) in [5.74, 6) is 0.758. The van der Waals surface area contributed by atoms with E-state index in [1.807, 2.05) is 0 Å². The van der Waals surface area contributed by atoms with Gasteiger partial charge in [0.25, 0.3) is 0 Å². The first-order valence-electron chi connectivity index (χ1n) is 7.40. The highest BCUT2D eigenvalue weighted by Gasteiger charge is 2.30. The van der Waals surface area contributed by atoms with E-state index >= 15 is 0 Å². The van der Waals surface area contributed by atoms with E-state index in [-0.39, 0.29) is 12.1 Å². The maximum absolute atomic E-state index is 12.5. The largest absolute Gasteiger partial charge is 0.416 e. The lowest BCUT2D eigenvalue weighted by molar-refractivity contribution is -0.137. The van der Waals surface area contributed by atoms with Crippen LogP contribution < -0.4 is 5.73 Å². The molecule has 1 fully saturated rings. The molecule has 0 saturated heterocycles. The Morgan fingerprint density at radius 1 is 1.14 bits per heavy atom. The second kappa shape index (κ2) is 6.79. The van der Waals surface area contributed by atoms with E-state index in [1.165, 1.54) is 25.0 Å². The molecule has 1 saturated carbocycles. The fraction of sp³-hybridized carbons (Fsp3) is 0.625. The molecule has 2 N–H and O–H groups in total. The fourth-order valence-electron chi connectivity index (χ4n) is 2.65. The molecular formula is C16H22F3NO. The second-order valence-electron chi connectivity index (χ2n) is 5.94. The number of rotatable bonds is 4. The third-order valence-corrected chi connectivity index (χ3v) is 4.14. The molecule has 1 aliphatic carbocycles. The van der Waals surface area contributed by atoms with Crippen LogP contribution in [-0.4, -0.2) is 12.7 Å². The molecule has 0 aromatic heterocycles. The number of halogens is 3. The Morgan fingerprint density at radius 2 is 1.71 bits per heavy atom. The van der Waals surface area contributed by atoms with E-state index in [0.717, 1.165) is 30.9 Å². The first-order valence-corrected chi connectivity index (χ1v) is 7.40. The average molecular weight is 301 g/mol. The van der Waals surface area contributed by atoms with Crippen molar-refractivity contribution in [2.24, 2.45) is 11.7 Å². The maximum atomic E-state index is 12.5.